The fourth-order valence-electron chi connectivity index (χ4n) is 8.89. The number of esters is 3. The maximum atomic E-state index is 12.8. The van der Waals surface area contributed by atoms with Crippen molar-refractivity contribution in [1.29, 1.82) is 0 Å². The Labute approximate surface area is 417 Å². The second-order valence-electron chi connectivity index (χ2n) is 20.3. The van der Waals surface area contributed by atoms with Crippen molar-refractivity contribution in [2.45, 2.75) is 335 Å². The topological polar surface area (TPSA) is 78.9 Å². The van der Waals surface area contributed by atoms with Gasteiger partial charge in [0.05, 0.1) is 0 Å². The molecule has 0 aromatic heterocycles. The Morgan fingerprint density at radius 2 is 0.507 bits per heavy atom. The summed E-state index contributed by atoms with van der Waals surface area (Å²) in [5.41, 5.74) is 0. The minimum atomic E-state index is -0.769. The van der Waals surface area contributed by atoms with Crippen LogP contribution in [0.25, 0.3) is 0 Å². The highest BCUT2D eigenvalue weighted by Crippen LogP contribution is 2.17. The molecule has 0 heterocycles. The summed E-state index contributed by atoms with van der Waals surface area (Å²) in [4.78, 5) is 38.1. The molecular weight excluding hydrogens is 829 g/mol. The van der Waals surface area contributed by atoms with Crippen molar-refractivity contribution in [2.75, 3.05) is 13.2 Å². The summed E-state index contributed by atoms with van der Waals surface area (Å²) in [6.07, 6.45) is 66.1. The summed E-state index contributed by atoms with van der Waals surface area (Å²) in [6.45, 7) is 6.64. The van der Waals surface area contributed by atoms with E-state index >= 15 is 0 Å². The first kappa shape index (κ1) is 64.9. The van der Waals surface area contributed by atoms with Crippen molar-refractivity contribution in [3.05, 3.63) is 24.3 Å². The molecule has 0 aromatic carbocycles. The minimum Gasteiger partial charge on any atom is -0.462 e. The zero-order valence-electron chi connectivity index (χ0n) is 45.2. The van der Waals surface area contributed by atoms with Crippen molar-refractivity contribution in [1.82, 2.24) is 0 Å². The monoisotopic (exact) mass is 943 g/mol. The molecule has 67 heavy (non-hydrogen) atoms. The summed E-state index contributed by atoms with van der Waals surface area (Å²) in [5, 5.41) is 0. The second-order valence-corrected chi connectivity index (χ2v) is 20.3. The highest BCUT2D eigenvalue weighted by molar-refractivity contribution is 5.71. The van der Waals surface area contributed by atoms with Crippen molar-refractivity contribution in [3.63, 3.8) is 0 Å². The summed E-state index contributed by atoms with van der Waals surface area (Å²) in [7, 11) is 0. The highest BCUT2D eigenvalue weighted by Gasteiger charge is 2.19. The average Bonchev–Trinajstić information content (AvgIpc) is 3.33. The van der Waals surface area contributed by atoms with E-state index in [2.05, 4.69) is 45.1 Å². The van der Waals surface area contributed by atoms with Gasteiger partial charge in [0.25, 0.3) is 0 Å². The lowest BCUT2D eigenvalue weighted by Gasteiger charge is -2.18. The van der Waals surface area contributed by atoms with Crippen LogP contribution in [0.3, 0.4) is 0 Å². The van der Waals surface area contributed by atoms with Crippen molar-refractivity contribution in [3.8, 4) is 0 Å². The van der Waals surface area contributed by atoms with Gasteiger partial charge in [0.15, 0.2) is 6.10 Å². The molecule has 0 aliphatic rings. The molecule has 0 spiro atoms. The van der Waals surface area contributed by atoms with Gasteiger partial charge in [-0.3, -0.25) is 14.4 Å². The summed E-state index contributed by atoms with van der Waals surface area (Å²) < 4.78 is 16.8. The molecule has 0 N–H and O–H groups in total. The van der Waals surface area contributed by atoms with E-state index < -0.39 is 6.10 Å². The van der Waals surface area contributed by atoms with Crippen LogP contribution in [0, 0.1) is 0 Å². The van der Waals surface area contributed by atoms with Gasteiger partial charge in [0, 0.05) is 19.3 Å². The van der Waals surface area contributed by atoms with E-state index in [0.717, 1.165) is 64.2 Å². The molecule has 0 bridgehead atoms. The Morgan fingerprint density at radius 3 is 0.791 bits per heavy atom. The van der Waals surface area contributed by atoms with Gasteiger partial charge in [-0.25, -0.2) is 0 Å². The maximum Gasteiger partial charge on any atom is 0.306 e. The highest BCUT2D eigenvalue weighted by atomic mass is 16.6. The summed E-state index contributed by atoms with van der Waals surface area (Å²) in [6, 6.07) is 0. The predicted molar refractivity (Wildman–Crippen MR) is 289 cm³/mol. The normalized spacial score (nSPS) is 12.1. The minimum absolute atomic E-state index is 0.0693. The van der Waals surface area contributed by atoms with Crippen LogP contribution in [0.4, 0.5) is 0 Å². The van der Waals surface area contributed by atoms with Crippen LogP contribution in [0.15, 0.2) is 24.3 Å². The van der Waals surface area contributed by atoms with Crippen LogP contribution in [0.2, 0.25) is 0 Å². The first-order valence-corrected chi connectivity index (χ1v) is 29.8. The number of ether oxygens (including phenoxy) is 3. The van der Waals surface area contributed by atoms with E-state index in [-0.39, 0.29) is 31.1 Å². The summed E-state index contributed by atoms with van der Waals surface area (Å²) in [5.74, 6) is -0.861. The number of allylic oxidation sites excluding steroid dienone is 4. The van der Waals surface area contributed by atoms with Gasteiger partial charge in [-0.05, 0) is 64.2 Å². The van der Waals surface area contributed by atoms with E-state index in [1.807, 2.05) is 0 Å². The molecule has 6 nitrogen and oxygen atoms in total. The Balaban J connectivity index is 4.16. The molecule has 0 saturated carbocycles. The Hall–Kier alpha value is -2.11. The molecule has 0 radical (unpaired) electrons. The van der Waals surface area contributed by atoms with Crippen molar-refractivity contribution >= 4 is 17.9 Å². The Kier molecular flexibility index (Phi) is 54.7. The van der Waals surface area contributed by atoms with E-state index in [4.69, 9.17) is 14.2 Å². The van der Waals surface area contributed by atoms with Crippen molar-refractivity contribution < 1.29 is 28.6 Å². The van der Waals surface area contributed by atoms with Gasteiger partial charge in [0.1, 0.15) is 13.2 Å². The number of hydrogen-bond acceptors (Lipinski definition) is 6. The third-order valence-corrected chi connectivity index (χ3v) is 13.4. The molecule has 6 heteroatoms. The second kappa shape index (κ2) is 56.5. The molecular formula is C61H114O6. The zero-order valence-corrected chi connectivity index (χ0v) is 45.2. The number of carbonyl (C=O) groups is 3. The quantitative estimate of drug-likeness (QED) is 0.0262. The fourth-order valence-corrected chi connectivity index (χ4v) is 8.89. The first-order chi connectivity index (χ1) is 33.0. The molecule has 0 fully saturated rings. The predicted octanol–water partition coefficient (Wildman–Crippen LogP) is 19.9. The Bertz CT molecular complexity index is 1080. The molecule has 1 atom stereocenters. The van der Waals surface area contributed by atoms with E-state index in [1.54, 1.807) is 0 Å². The fraction of sp³-hybridized carbons (Fsp3) is 0.885. The van der Waals surface area contributed by atoms with Crippen LogP contribution in [-0.2, 0) is 28.6 Å². The molecule has 0 aliphatic carbocycles. The average molecular weight is 944 g/mol. The van der Waals surface area contributed by atoms with Crippen molar-refractivity contribution in [2.24, 2.45) is 0 Å². The SMILES string of the molecule is CCCC/C=C\CCCCCCCC(=O)OCC(COC(=O)CCCCCCCCCCCCCCC/C=C\CCCCCCCCCC)OC(=O)CCCCCCCCCCCCCCC. The Morgan fingerprint density at radius 1 is 0.284 bits per heavy atom. The van der Waals surface area contributed by atoms with Crippen LogP contribution in [0.5, 0.6) is 0 Å². The van der Waals surface area contributed by atoms with Gasteiger partial charge in [-0.1, -0.05) is 270 Å². The zero-order chi connectivity index (χ0) is 48.6. The number of unbranched alkanes of at least 4 members (excludes halogenated alkanes) is 40. The molecule has 1 unspecified atom stereocenters. The number of rotatable bonds is 55. The summed E-state index contributed by atoms with van der Waals surface area (Å²) >= 11 is 0. The number of carbonyl (C=O) groups excluding carboxylic acids is 3. The van der Waals surface area contributed by atoms with Gasteiger partial charge in [-0.2, -0.15) is 0 Å². The van der Waals surface area contributed by atoms with Crippen LogP contribution in [-0.4, -0.2) is 37.2 Å². The van der Waals surface area contributed by atoms with Gasteiger partial charge in [-0.15, -0.1) is 0 Å². The van der Waals surface area contributed by atoms with Crippen LogP contribution in [0.1, 0.15) is 329 Å². The van der Waals surface area contributed by atoms with Gasteiger partial charge in [0.2, 0.25) is 0 Å². The van der Waals surface area contributed by atoms with Crippen LogP contribution < -0.4 is 0 Å². The lowest BCUT2D eigenvalue weighted by atomic mass is 10.0. The first-order valence-electron chi connectivity index (χ1n) is 29.8. The smallest absolute Gasteiger partial charge is 0.306 e. The van der Waals surface area contributed by atoms with Crippen LogP contribution >= 0.6 is 0 Å². The lowest BCUT2D eigenvalue weighted by Crippen LogP contribution is -2.30. The third kappa shape index (κ3) is 54.7. The standard InChI is InChI=1S/C61H114O6/c1-4-7-10-13-16-19-22-24-25-26-27-28-29-30-31-32-33-34-35-37-39-42-45-48-51-54-60(63)66-57-58(56-65-59(62)53-50-47-44-41-38-21-18-15-12-9-6-3)67-61(64)55-52-49-46-43-40-36-23-20-17-14-11-8-5-2/h15,18,26-27,58H,4-14,16-17,19-25,28-57H2,1-3H3/b18-15-,27-26-. The largest absolute Gasteiger partial charge is 0.462 e. The molecule has 0 rings (SSSR count). The molecule has 0 saturated heterocycles. The maximum absolute atomic E-state index is 12.8. The number of hydrogen-bond donors (Lipinski definition) is 0. The van der Waals surface area contributed by atoms with Gasteiger partial charge >= 0.3 is 17.9 Å². The lowest BCUT2D eigenvalue weighted by molar-refractivity contribution is -0.167. The third-order valence-electron chi connectivity index (χ3n) is 13.4. The van der Waals surface area contributed by atoms with E-state index in [9.17, 15) is 14.4 Å². The molecule has 0 amide bonds. The molecule has 0 aliphatic heterocycles. The molecule has 0 aromatic rings. The molecule has 394 valence electrons. The van der Waals surface area contributed by atoms with Gasteiger partial charge < -0.3 is 14.2 Å². The van der Waals surface area contributed by atoms with E-state index in [1.165, 1.54) is 225 Å². The van der Waals surface area contributed by atoms with E-state index in [0.29, 0.717) is 19.3 Å².